The third-order valence-corrected chi connectivity index (χ3v) is 21.7. The van der Waals surface area contributed by atoms with Gasteiger partial charge in [-0.1, -0.05) is 42.0 Å². The second kappa shape index (κ2) is 27.8. The van der Waals surface area contributed by atoms with Gasteiger partial charge in [0.2, 0.25) is 36.2 Å². The number of H-pyrrole nitrogens is 1. The Morgan fingerprint density at radius 1 is 0.859 bits per heavy atom. The van der Waals surface area contributed by atoms with Gasteiger partial charge in [0.05, 0.1) is 24.3 Å². The van der Waals surface area contributed by atoms with E-state index in [-0.39, 0.29) is 101 Å². The fourth-order valence-corrected chi connectivity index (χ4v) is 16.6. The first kappa shape index (κ1) is 74.5. The van der Waals surface area contributed by atoms with Crippen LogP contribution in [-0.4, -0.2) is 128 Å². The van der Waals surface area contributed by atoms with Gasteiger partial charge in [-0.3, -0.25) is 43.2 Å². The molecule has 7 heterocycles. The van der Waals surface area contributed by atoms with E-state index in [4.69, 9.17) is 62.2 Å². The van der Waals surface area contributed by atoms with Gasteiger partial charge in [-0.05, 0) is 145 Å². The molecule has 6 aliphatic rings. The zero-order chi connectivity index (χ0) is 66.7. The van der Waals surface area contributed by atoms with Gasteiger partial charge in [0, 0.05) is 112 Å². The standard InChI is InChI=1S/C62H90N13O14P.CH4.Co/c1-29-20-39-40(21-30(29)2)75(28-70-39)57-52(84)53(41(27-76)87-57)89-90(85,86)88-31(3)26-69-49(83)18-19-59(8)37(22-46(66)80)56-62(11)61(10,25-48(68)82)36(14-17-45(65)79)51(74-62)33(5)55-60(9,24-47(67)81)34(12-15-43(63)77)38(71-55)23-42-58(6,7)35(13-16-44(64)78)50(72-42)32(4)54(59)73-56;;/h20-21,23,28,31,34-37,41,52-53,56-57,76,84H,12-19,22,24-27H2,1-11H3,(H15,63,64,65,66,67,68,69,71,72,73,74,77,78,79,80,81,82,83,85,86);1H4;/q;;+2/p-2/t31?,34-,35-,36-,37+,41-,52-,53-,56-,57+,59-,60+,61+,62+;;/m1../s1. The first-order chi connectivity index (χ1) is 41.8. The number of carbonyl (C=O) groups is 4. The molecule has 0 spiro atoms. The molecule has 6 aliphatic heterocycles. The third kappa shape index (κ3) is 14.1. The molecule has 0 aliphatic carbocycles. The van der Waals surface area contributed by atoms with E-state index in [1.54, 1.807) is 38.6 Å². The molecular formula is C63H92CoN13O14P. The van der Waals surface area contributed by atoms with Gasteiger partial charge in [0.15, 0.2) is 11.0 Å². The molecule has 507 valence electrons. The van der Waals surface area contributed by atoms with E-state index in [1.807, 2.05) is 59.8 Å². The van der Waals surface area contributed by atoms with Crippen LogP contribution in [0.25, 0.3) is 11.0 Å². The minimum atomic E-state index is -5.07. The van der Waals surface area contributed by atoms with E-state index in [1.165, 1.54) is 6.92 Å². The number of carbonyl (C=O) groups excluding carboxylic acids is 4. The minimum absolute atomic E-state index is 0. The number of benzene rings is 1. The van der Waals surface area contributed by atoms with Crippen molar-refractivity contribution in [2.24, 2.45) is 77.5 Å². The molecule has 8 rings (SSSR count). The van der Waals surface area contributed by atoms with Crippen molar-refractivity contribution in [3.63, 3.8) is 0 Å². The summed E-state index contributed by atoms with van der Waals surface area (Å²) < 4.78 is 32.3. The number of hydrogen-bond donors (Lipinski definition) is 12. The van der Waals surface area contributed by atoms with Gasteiger partial charge < -0.3 is 79.2 Å². The van der Waals surface area contributed by atoms with Crippen LogP contribution in [0, 0.1) is 75.4 Å². The van der Waals surface area contributed by atoms with Crippen molar-refractivity contribution in [1.82, 2.24) is 15.6 Å². The number of imidazole rings is 1. The number of aliphatic imine (C=N–C) groups is 3. The Bertz CT molecular complexity index is 3540. The molecule has 8 bridgehead atoms. The van der Waals surface area contributed by atoms with E-state index in [0.717, 1.165) is 16.6 Å². The number of nitrogens with one attached hydrogen (secondary N) is 6. The molecule has 4 amide bonds. The molecule has 27 nitrogen and oxygen atoms in total. The van der Waals surface area contributed by atoms with E-state index in [9.17, 15) is 54.2 Å². The first-order valence-electron chi connectivity index (χ1n) is 30.5. The number of nitrogens with zero attached hydrogens (tertiary/aromatic N) is 4. The van der Waals surface area contributed by atoms with Crippen molar-refractivity contribution in [1.29, 1.82) is 16.2 Å². The second-order valence-corrected chi connectivity index (χ2v) is 28.4. The Morgan fingerprint density at radius 2 is 1.45 bits per heavy atom. The molecule has 2 aromatic rings. The largest absolute Gasteiger partial charge is 2.00 e. The number of hydrogen-bond acceptors (Lipinski definition) is 20. The number of aromatic amines is 1. The van der Waals surface area contributed by atoms with Crippen molar-refractivity contribution < 1.29 is 89.3 Å². The SMILES string of the molecule is C.CC1=C2N=C(C=C3NC(=C(C)C4=N[C@@](C)([C@@H]5N=C1[C@](C)(CCC(=O)NCC(C)OP(=O)(O)O[C@H]1[C@@H](O)[C@@H]([n+]6c[nH]c7cc(C)c(C)cc76)O[C@@H]1CO)[C@H]5CC(N)=O)[C@@](C)(CC(N)=O)[C@@H]4CCC(=N)[O-])[C@@](C)(CC(N)=O)[C@@H]3CCC(=N)[O-])C(C)(C)[C@@H]2CCC(=N)[O-].[Co+2]. The predicted molar refractivity (Wildman–Crippen MR) is 335 cm³/mol. The molecule has 2 fully saturated rings. The summed E-state index contributed by atoms with van der Waals surface area (Å²) in [4.78, 5) is 86.0. The number of nitrogens with two attached hydrogens (primary N) is 3. The molecule has 15 atom stereocenters. The number of ether oxygens (including phenoxy) is 1. The van der Waals surface area contributed by atoms with Crippen LogP contribution in [0.1, 0.15) is 158 Å². The average molecular weight is 1350 g/mol. The number of aliphatic hydroxyl groups excluding tert-OH is 2. The van der Waals surface area contributed by atoms with Crippen LogP contribution in [0.3, 0.4) is 0 Å². The van der Waals surface area contributed by atoms with Crippen LogP contribution in [0.4, 0.5) is 0 Å². The summed E-state index contributed by atoms with van der Waals surface area (Å²) >= 11 is 0. The number of fused-ring (bicyclic) bond motifs is 7. The Balaban J connectivity index is 0.00000672. The molecule has 1 aromatic carbocycles. The summed E-state index contributed by atoms with van der Waals surface area (Å²) in [5.74, 6) is -8.24. The fourth-order valence-electron chi connectivity index (χ4n) is 15.5. The number of phosphoric ester groups is 1. The number of rotatable bonds is 26. The van der Waals surface area contributed by atoms with Crippen molar-refractivity contribution in [3.05, 3.63) is 63.9 Å². The van der Waals surface area contributed by atoms with Crippen molar-refractivity contribution in [2.75, 3.05) is 13.2 Å². The summed E-state index contributed by atoms with van der Waals surface area (Å²) in [5, 5.41) is 90.2. The number of phosphoric acid groups is 1. The molecule has 2 saturated heterocycles. The van der Waals surface area contributed by atoms with Crippen LogP contribution >= 0.6 is 7.82 Å². The smallest absolute Gasteiger partial charge is 0.862 e. The quantitative estimate of drug-likeness (QED) is 0.0279. The fraction of sp³-hybridized carbons (Fsp3) is 0.635. The summed E-state index contributed by atoms with van der Waals surface area (Å²) in [6.45, 7) is 19.0. The number of allylic oxidation sites excluding steroid dienone is 6. The topological polar surface area (TPSA) is 473 Å². The van der Waals surface area contributed by atoms with Gasteiger partial charge in [-0.25, -0.2) is 9.55 Å². The van der Waals surface area contributed by atoms with Gasteiger partial charge in [-0.2, -0.15) is 4.57 Å². The predicted octanol–water partition coefficient (Wildman–Crippen LogP) is 2.77. The van der Waals surface area contributed by atoms with Crippen molar-refractivity contribution in [3.8, 4) is 0 Å². The summed E-state index contributed by atoms with van der Waals surface area (Å²) in [5.41, 5.74) is 19.4. The van der Waals surface area contributed by atoms with Crippen molar-refractivity contribution >= 4 is 77.3 Å². The zero-order valence-electron chi connectivity index (χ0n) is 53.4. The van der Waals surface area contributed by atoms with E-state index < -0.39 is 143 Å². The van der Waals surface area contributed by atoms with Crippen LogP contribution in [0.5, 0.6) is 0 Å². The van der Waals surface area contributed by atoms with Crippen LogP contribution in [-0.2, 0) is 54.3 Å². The first-order valence-corrected chi connectivity index (χ1v) is 32.0. The number of amides is 4. The molecule has 29 heteroatoms. The summed E-state index contributed by atoms with van der Waals surface area (Å²) in [6, 6.07) is 2.74. The van der Waals surface area contributed by atoms with Gasteiger partial charge in [0.1, 0.15) is 18.3 Å². The zero-order valence-corrected chi connectivity index (χ0v) is 55.3. The maximum atomic E-state index is 14.4. The number of primary amides is 3. The number of aryl methyl sites for hydroxylation is 2. The van der Waals surface area contributed by atoms with Crippen LogP contribution < -0.4 is 47.7 Å². The van der Waals surface area contributed by atoms with Crippen LogP contribution in [0.15, 0.2) is 67.8 Å². The molecule has 1 aromatic heterocycles. The molecule has 2 unspecified atom stereocenters. The maximum Gasteiger partial charge on any atom is 2.00 e. The average Bonchev–Trinajstić information content (AvgIpc) is 1.53. The Morgan fingerprint density at radius 3 is 2.02 bits per heavy atom. The maximum absolute atomic E-state index is 14.4. The number of aliphatic hydroxyl groups is 2. The normalized spacial score (nSPS) is 31.3. The Kier molecular flexibility index (Phi) is 22.6. The van der Waals surface area contributed by atoms with Gasteiger partial charge in [-0.15, -0.1) is 0 Å². The van der Waals surface area contributed by atoms with Crippen molar-refractivity contribution in [2.45, 2.75) is 196 Å². The molecule has 92 heavy (non-hydrogen) atoms. The monoisotopic (exact) mass is 1340 g/mol. The van der Waals surface area contributed by atoms with Crippen LogP contribution in [0.2, 0.25) is 0 Å². The van der Waals surface area contributed by atoms with E-state index in [2.05, 4.69) is 15.6 Å². The molecule has 0 saturated carbocycles. The minimum Gasteiger partial charge on any atom is -0.862 e. The Labute approximate surface area is 547 Å². The van der Waals surface area contributed by atoms with E-state index in [0.29, 0.717) is 50.9 Å². The third-order valence-electron chi connectivity index (χ3n) is 20.6. The Hall–Kier alpha value is -6.49. The van der Waals surface area contributed by atoms with Gasteiger partial charge >= 0.3 is 24.6 Å². The van der Waals surface area contributed by atoms with Gasteiger partial charge in [0.25, 0.3) is 0 Å². The second-order valence-electron chi connectivity index (χ2n) is 27.0. The number of aromatic nitrogens is 2. The molecule has 15 N–H and O–H groups in total. The van der Waals surface area contributed by atoms with E-state index >= 15 is 0 Å². The summed E-state index contributed by atoms with van der Waals surface area (Å²) in [7, 11) is -5.07. The molecular weight excluding hydrogens is 1250 g/mol. The molecule has 1 radical (unpaired) electrons. The summed E-state index contributed by atoms with van der Waals surface area (Å²) in [6.07, 6.45) is -4.86.